The van der Waals surface area contributed by atoms with Crippen LogP contribution >= 0.6 is 0 Å². The second-order valence-electron chi connectivity index (χ2n) is 6.10. The summed E-state index contributed by atoms with van der Waals surface area (Å²) in [6, 6.07) is 6.90. The average Bonchev–Trinajstić information content (AvgIpc) is 2.88. The number of benzene rings is 1. The molecular formula is C18H18FN3O3. The molecule has 2 N–H and O–H groups in total. The summed E-state index contributed by atoms with van der Waals surface area (Å²) in [7, 11) is 0. The van der Waals surface area contributed by atoms with Crippen LogP contribution in [0.15, 0.2) is 35.1 Å². The van der Waals surface area contributed by atoms with E-state index in [0.29, 0.717) is 24.2 Å². The van der Waals surface area contributed by atoms with E-state index in [-0.39, 0.29) is 17.2 Å². The van der Waals surface area contributed by atoms with Crippen molar-refractivity contribution in [3.63, 3.8) is 0 Å². The molecule has 130 valence electrons. The normalized spacial score (nSPS) is 17.0. The minimum absolute atomic E-state index is 0.0114. The molecule has 3 rings (SSSR count). The van der Waals surface area contributed by atoms with Crippen molar-refractivity contribution in [2.45, 2.75) is 26.3 Å². The molecule has 1 aliphatic heterocycles. The Morgan fingerprint density at radius 3 is 2.68 bits per heavy atom. The molecule has 1 fully saturated rings. The Balaban J connectivity index is 1.79. The molecular weight excluding hydrogens is 325 g/mol. The second kappa shape index (κ2) is 6.51. The molecule has 0 unspecified atom stereocenters. The number of aryl methyl sites for hydroxylation is 2. The maximum Gasteiger partial charge on any atom is 0.261 e. The number of aromatic amines is 1. The number of nitrogens with zero attached hydrogens (tertiary/aromatic N) is 1. The van der Waals surface area contributed by atoms with Gasteiger partial charge in [0, 0.05) is 12.2 Å². The van der Waals surface area contributed by atoms with E-state index in [1.54, 1.807) is 32.0 Å². The molecule has 7 heteroatoms. The minimum Gasteiger partial charge on any atom is -0.340 e. The number of amides is 2. The molecule has 2 heterocycles. The highest BCUT2D eigenvalue weighted by Crippen LogP contribution is 2.24. The zero-order chi connectivity index (χ0) is 18.1. The number of pyridine rings is 1. The number of nitrogens with one attached hydrogen (secondary N) is 2. The summed E-state index contributed by atoms with van der Waals surface area (Å²) in [5, 5.41) is 2.59. The van der Waals surface area contributed by atoms with Gasteiger partial charge < -0.3 is 15.2 Å². The number of anilines is 1. The van der Waals surface area contributed by atoms with Crippen LogP contribution in [0.1, 0.15) is 28.0 Å². The SMILES string of the molecule is Cc1cc(C)c(C(=O)N[C@H]2CCN(c3ccccc3F)C2=O)c(=O)[nH]1. The van der Waals surface area contributed by atoms with Gasteiger partial charge in [0.25, 0.3) is 11.5 Å². The predicted octanol–water partition coefficient (Wildman–Crippen LogP) is 1.67. The van der Waals surface area contributed by atoms with Crippen molar-refractivity contribution in [2.75, 3.05) is 11.4 Å². The summed E-state index contributed by atoms with van der Waals surface area (Å²) in [6.45, 7) is 3.69. The standard InChI is InChI=1S/C18H18FN3O3/c1-10-9-11(2)20-16(23)15(10)17(24)21-13-7-8-22(18(13)25)14-6-4-3-5-12(14)19/h3-6,9,13H,7-8H2,1-2H3,(H,20,23)(H,21,24)/t13-/m0/s1. The third-order valence-electron chi connectivity index (χ3n) is 4.25. The van der Waals surface area contributed by atoms with Gasteiger partial charge in [0.05, 0.1) is 5.69 Å². The quantitative estimate of drug-likeness (QED) is 0.889. The van der Waals surface area contributed by atoms with Crippen molar-refractivity contribution < 1.29 is 14.0 Å². The Morgan fingerprint density at radius 2 is 2.00 bits per heavy atom. The van der Waals surface area contributed by atoms with E-state index in [0.717, 1.165) is 0 Å². The number of hydrogen-bond acceptors (Lipinski definition) is 3. The van der Waals surface area contributed by atoms with Gasteiger partial charge >= 0.3 is 0 Å². The number of carbonyl (C=O) groups is 2. The number of para-hydroxylation sites is 1. The van der Waals surface area contributed by atoms with E-state index < -0.39 is 23.3 Å². The van der Waals surface area contributed by atoms with E-state index in [1.165, 1.54) is 17.0 Å². The largest absolute Gasteiger partial charge is 0.340 e. The number of rotatable bonds is 3. The summed E-state index contributed by atoms with van der Waals surface area (Å²) in [5.74, 6) is -1.49. The van der Waals surface area contributed by atoms with Gasteiger partial charge in [0.1, 0.15) is 17.4 Å². The number of halogens is 1. The summed E-state index contributed by atoms with van der Waals surface area (Å²) in [4.78, 5) is 40.9. The van der Waals surface area contributed by atoms with Gasteiger partial charge in [-0.3, -0.25) is 14.4 Å². The lowest BCUT2D eigenvalue weighted by molar-refractivity contribution is -0.118. The molecule has 0 bridgehead atoms. The Bertz CT molecular complexity index is 907. The van der Waals surface area contributed by atoms with Gasteiger partial charge in [-0.05, 0) is 44.0 Å². The van der Waals surface area contributed by atoms with Gasteiger partial charge in [-0.15, -0.1) is 0 Å². The Kier molecular flexibility index (Phi) is 4.39. The lowest BCUT2D eigenvalue weighted by Gasteiger charge is -2.18. The van der Waals surface area contributed by atoms with Crippen LogP contribution in [0.2, 0.25) is 0 Å². The van der Waals surface area contributed by atoms with Crippen LogP contribution in [-0.4, -0.2) is 29.4 Å². The van der Waals surface area contributed by atoms with Crippen LogP contribution in [0.4, 0.5) is 10.1 Å². The molecule has 0 aliphatic carbocycles. The van der Waals surface area contributed by atoms with Gasteiger partial charge in [0.15, 0.2) is 0 Å². The first-order valence-corrected chi connectivity index (χ1v) is 7.96. The Labute approximate surface area is 143 Å². The molecule has 1 aromatic heterocycles. The van der Waals surface area contributed by atoms with E-state index in [2.05, 4.69) is 10.3 Å². The first-order valence-electron chi connectivity index (χ1n) is 7.96. The van der Waals surface area contributed by atoms with Gasteiger partial charge in [-0.1, -0.05) is 12.1 Å². The Hall–Kier alpha value is -2.96. The zero-order valence-corrected chi connectivity index (χ0v) is 13.9. The molecule has 6 nitrogen and oxygen atoms in total. The van der Waals surface area contributed by atoms with Crippen molar-refractivity contribution in [3.05, 3.63) is 63.3 Å². The number of carbonyl (C=O) groups excluding carboxylic acids is 2. The summed E-state index contributed by atoms with van der Waals surface area (Å²) in [6.07, 6.45) is 0.349. The summed E-state index contributed by atoms with van der Waals surface area (Å²) < 4.78 is 13.9. The second-order valence-corrected chi connectivity index (χ2v) is 6.10. The summed E-state index contributed by atoms with van der Waals surface area (Å²) >= 11 is 0. The van der Waals surface area contributed by atoms with Crippen LogP contribution < -0.4 is 15.8 Å². The third-order valence-corrected chi connectivity index (χ3v) is 4.25. The van der Waals surface area contributed by atoms with Crippen LogP contribution in [-0.2, 0) is 4.79 Å². The number of hydrogen-bond donors (Lipinski definition) is 2. The van der Waals surface area contributed by atoms with Crippen LogP contribution in [0, 0.1) is 19.7 Å². The first kappa shape index (κ1) is 16.9. The van der Waals surface area contributed by atoms with E-state index in [4.69, 9.17) is 0 Å². The molecule has 0 spiro atoms. The minimum atomic E-state index is -0.785. The molecule has 2 amide bonds. The highest BCUT2D eigenvalue weighted by atomic mass is 19.1. The predicted molar refractivity (Wildman–Crippen MR) is 91.2 cm³/mol. The smallest absolute Gasteiger partial charge is 0.261 e. The monoisotopic (exact) mass is 343 g/mol. The average molecular weight is 343 g/mol. The van der Waals surface area contributed by atoms with Crippen molar-refractivity contribution in [3.8, 4) is 0 Å². The maximum absolute atomic E-state index is 13.9. The van der Waals surface area contributed by atoms with Crippen molar-refractivity contribution >= 4 is 17.5 Å². The first-order chi connectivity index (χ1) is 11.9. The molecule has 2 aromatic rings. The van der Waals surface area contributed by atoms with Crippen LogP contribution in [0.5, 0.6) is 0 Å². The molecule has 1 saturated heterocycles. The van der Waals surface area contributed by atoms with Crippen molar-refractivity contribution in [1.29, 1.82) is 0 Å². The fourth-order valence-electron chi connectivity index (χ4n) is 3.09. The molecule has 0 saturated carbocycles. The van der Waals surface area contributed by atoms with Gasteiger partial charge in [-0.25, -0.2) is 4.39 Å². The van der Waals surface area contributed by atoms with Gasteiger partial charge in [0.2, 0.25) is 5.91 Å². The molecule has 0 radical (unpaired) electrons. The summed E-state index contributed by atoms with van der Waals surface area (Å²) in [5.41, 5.74) is 0.875. The van der Waals surface area contributed by atoms with Crippen molar-refractivity contribution in [2.24, 2.45) is 0 Å². The highest BCUT2D eigenvalue weighted by Gasteiger charge is 2.35. The maximum atomic E-state index is 13.9. The lowest BCUT2D eigenvalue weighted by Crippen LogP contribution is -2.43. The van der Waals surface area contributed by atoms with Crippen LogP contribution in [0.25, 0.3) is 0 Å². The van der Waals surface area contributed by atoms with E-state index in [9.17, 15) is 18.8 Å². The van der Waals surface area contributed by atoms with E-state index >= 15 is 0 Å². The molecule has 25 heavy (non-hydrogen) atoms. The molecule has 1 aromatic carbocycles. The molecule has 1 aliphatic rings. The van der Waals surface area contributed by atoms with Gasteiger partial charge in [-0.2, -0.15) is 0 Å². The number of H-pyrrole nitrogens is 1. The highest BCUT2D eigenvalue weighted by molar-refractivity contribution is 6.04. The fraction of sp³-hybridized carbons (Fsp3) is 0.278. The van der Waals surface area contributed by atoms with E-state index in [1.807, 2.05) is 0 Å². The van der Waals surface area contributed by atoms with Crippen LogP contribution in [0.3, 0.4) is 0 Å². The topological polar surface area (TPSA) is 82.3 Å². The lowest BCUT2D eigenvalue weighted by atomic mass is 10.1. The fourth-order valence-corrected chi connectivity index (χ4v) is 3.09. The Morgan fingerprint density at radius 1 is 1.28 bits per heavy atom. The third kappa shape index (κ3) is 3.17. The van der Waals surface area contributed by atoms with Crippen molar-refractivity contribution in [1.82, 2.24) is 10.3 Å². The molecule has 1 atom stereocenters. The zero-order valence-electron chi connectivity index (χ0n) is 13.9. The number of aromatic nitrogens is 1.